The minimum absolute atomic E-state index is 0.343. The number of aromatic nitrogens is 2. The van der Waals surface area contributed by atoms with E-state index < -0.39 is 11.7 Å². The Bertz CT molecular complexity index is 632. The fourth-order valence-electron chi connectivity index (χ4n) is 1.79. The molecule has 1 heterocycles. The van der Waals surface area contributed by atoms with Gasteiger partial charge in [0.25, 0.3) is 0 Å². The number of carbonyl (C=O) groups is 1. The van der Waals surface area contributed by atoms with E-state index in [1.165, 1.54) is 0 Å². The summed E-state index contributed by atoms with van der Waals surface area (Å²) in [5.74, 6) is 0. The number of carbonyl (C=O) groups excluding carboxylic acids is 1. The van der Waals surface area contributed by atoms with E-state index in [1.54, 1.807) is 12.5 Å². The standard InChI is InChI=1S/C15H18BrN3O2/c1-15(2,3)21-14(20)18-9-11-8-17-10-19(11)13-7-5-4-6-12(13)16/h4-8,10H,9H2,1-3H3,(H,18,20). The van der Waals surface area contributed by atoms with Crippen LogP contribution < -0.4 is 5.32 Å². The summed E-state index contributed by atoms with van der Waals surface area (Å²) in [7, 11) is 0. The molecular formula is C15H18BrN3O2. The van der Waals surface area contributed by atoms with Gasteiger partial charge in [-0.25, -0.2) is 9.78 Å². The van der Waals surface area contributed by atoms with Crippen molar-refractivity contribution in [3.8, 4) is 5.69 Å². The van der Waals surface area contributed by atoms with Crippen LogP contribution in [0.2, 0.25) is 0 Å². The monoisotopic (exact) mass is 351 g/mol. The topological polar surface area (TPSA) is 56.1 Å². The first kappa shape index (κ1) is 15.6. The van der Waals surface area contributed by atoms with Crippen molar-refractivity contribution in [2.45, 2.75) is 32.9 Å². The van der Waals surface area contributed by atoms with Crippen LogP contribution in [-0.4, -0.2) is 21.2 Å². The molecule has 0 bridgehead atoms. The third-order valence-corrected chi connectivity index (χ3v) is 3.31. The lowest BCUT2D eigenvalue weighted by molar-refractivity contribution is 0.0522. The number of nitrogens with zero attached hydrogens (tertiary/aromatic N) is 2. The average molecular weight is 352 g/mol. The Morgan fingerprint density at radius 2 is 2.10 bits per heavy atom. The van der Waals surface area contributed by atoms with Crippen molar-refractivity contribution in [1.82, 2.24) is 14.9 Å². The van der Waals surface area contributed by atoms with E-state index in [0.717, 1.165) is 15.9 Å². The van der Waals surface area contributed by atoms with Crippen LogP contribution in [0.5, 0.6) is 0 Å². The molecule has 21 heavy (non-hydrogen) atoms. The lowest BCUT2D eigenvalue weighted by Gasteiger charge is -2.19. The first-order chi connectivity index (χ1) is 9.87. The second-order valence-electron chi connectivity index (χ2n) is 5.56. The summed E-state index contributed by atoms with van der Waals surface area (Å²) in [5, 5.41) is 2.73. The molecule has 0 unspecified atom stereocenters. The third kappa shape index (κ3) is 4.32. The van der Waals surface area contributed by atoms with Crippen LogP contribution >= 0.6 is 15.9 Å². The quantitative estimate of drug-likeness (QED) is 0.917. The zero-order valence-electron chi connectivity index (χ0n) is 12.3. The highest BCUT2D eigenvalue weighted by Gasteiger charge is 2.16. The lowest BCUT2D eigenvalue weighted by atomic mass is 10.2. The van der Waals surface area contributed by atoms with Crippen molar-refractivity contribution >= 4 is 22.0 Å². The number of halogens is 1. The number of para-hydroxylation sites is 1. The van der Waals surface area contributed by atoms with E-state index in [9.17, 15) is 4.79 Å². The maximum Gasteiger partial charge on any atom is 0.407 e. The van der Waals surface area contributed by atoms with Gasteiger partial charge in [0.2, 0.25) is 0 Å². The minimum atomic E-state index is -0.507. The zero-order chi connectivity index (χ0) is 15.5. The fourth-order valence-corrected chi connectivity index (χ4v) is 2.27. The third-order valence-electron chi connectivity index (χ3n) is 2.64. The largest absolute Gasteiger partial charge is 0.444 e. The number of alkyl carbamates (subject to hydrolysis) is 1. The van der Waals surface area contributed by atoms with Crippen LogP contribution in [-0.2, 0) is 11.3 Å². The summed E-state index contributed by atoms with van der Waals surface area (Å²) < 4.78 is 8.09. The summed E-state index contributed by atoms with van der Waals surface area (Å²) in [6.07, 6.45) is 2.99. The summed E-state index contributed by atoms with van der Waals surface area (Å²) >= 11 is 3.51. The summed E-state index contributed by atoms with van der Waals surface area (Å²) in [4.78, 5) is 15.8. The highest BCUT2D eigenvalue weighted by Crippen LogP contribution is 2.21. The molecule has 5 nitrogen and oxygen atoms in total. The SMILES string of the molecule is CC(C)(C)OC(=O)NCc1cncn1-c1ccccc1Br. The Hall–Kier alpha value is -1.82. The van der Waals surface area contributed by atoms with E-state index in [1.807, 2.05) is 49.6 Å². The number of hydrogen-bond acceptors (Lipinski definition) is 3. The van der Waals surface area contributed by atoms with Crippen molar-refractivity contribution in [3.63, 3.8) is 0 Å². The molecule has 6 heteroatoms. The van der Waals surface area contributed by atoms with E-state index in [4.69, 9.17) is 4.74 Å². The second-order valence-corrected chi connectivity index (χ2v) is 6.42. The molecule has 112 valence electrons. The van der Waals surface area contributed by atoms with Gasteiger partial charge in [-0.05, 0) is 48.8 Å². The Labute approximate surface area is 132 Å². The number of nitrogens with one attached hydrogen (secondary N) is 1. The molecule has 2 rings (SSSR count). The first-order valence-corrected chi connectivity index (χ1v) is 7.39. The number of hydrogen-bond donors (Lipinski definition) is 1. The molecule has 0 atom stereocenters. The second kappa shape index (κ2) is 6.30. The van der Waals surface area contributed by atoms with Crippen LogP contribution in [0, 0.1) is 0 Å². The van der Waals surface area contributed by atoms with Crippen LogP contribution in [0.3, 0.4) is 0 Å². The van der Waals surface area contributed by atoms with Gasteiger partial charge in [-0.2, -0.15) is 0 Å². The number of rotatable bonds is 3. The van der Waals surface area contributed by atoms with Gasteiger partial charge in [-0.3, -0.25) is 0 Å². The molecule has 0 saturated heterocycles. The Morgan fingerprint density at radius 1 is 1.38 bits per heavy atom. The van der Waals surface area contributed by atoms with E-state index >= 15 is 0 Å². The molecule has 1 aromatic heterocycles. The van der Waals surface area contributed by atoms with Gasteiger partial charge in [0, 0.05) is 4.47 Å². The molecule has 0 spiro atoms. The van der Waals surface area contributed by atoms with E-state index in [-0.39, 0.29) is 0 Å². The number of ether oxygens (including phenoxy) is 1. The van der Waals surface area contributed by atoms with Gasteiger partial charge >= 0.3 is 6.09 Å². The summed E-state index contributed by atoms with van der Waals surface area (Å²) in [5.41, 5.74) is 1.33. The smallest absolute Gasteiger partial charge is 0.407 e. The molecule has 0 aliphatic carbocycles. The molecule has 0 fully saturated rings. The highest BCUT2D eigenvalue weighted by molar-refractivity contribution is 9.10. The van der Waals surface area contributed by atoms with Crippen LogP contribution in [0.1, 0.15) is 26.5 Å². The molecule has 1 N–H and O–H groups in total. The Morgan fingerprint density at radius 3 is 2.76 bits per heavy atom. The van der Waals surface area contributed by atoms with Gasteiger partial charge in [-0.15, -0.1) is 0 Å². The minimum Gasteiger partial charge on any atom is -0.444 e. The number of benzene rings is 1. The van der Waals surface area contributed by atoms with E-state index in [2.05, 4.69) is 26.2 Å². The Kier molecular flexibility index (Phi) is 4.67. The number of imidazole rings is 1. The highest BCUT2D eigenvalue weighted by atomic mass is 79.9. The molecular weight excluding hydrogens is 334 g/mol. The van der Waals surface area contributed by atoms with Crippen LogP contribution in [0.25, 0.3) is 5.69 Å². The van der Waals surface area contributed by atoms with Crippen molar-refractivity contribution in [3.05, 3.63) is 47.0 Å². The molecule has 2 aromatic rings. The first-order valence-electron chi connectivity index (χ1n) is 6.60. The van der Waals surface area contributed by atoms with Crippen molar-refractivity contribution < 1.29 is 9.53 Å². The van der Waals surface area contributed by atoms with E-state index in [0.29, 0.717) is 6.54 Å². The zero-order valence-corrected chi connectivity index (χ0v) is 13.8. The Balaban J connectivity index is 2.08. The predicted molar refractivity (Wildman–Crippen MR) is 84.3 cm³/mol. The van der Waals surface area contributed by atoms with Crippen molar-refractivity contribution in [2.75, 3.05) is 0 Å². The summed E-state index contributed by atoms with van der Waals surface area (Å²) in [6.45, 7) is 5.84. The maximum absolute atomic E-state index is 11.7. The molecule has 1 amide bonds. The average Bonchev–Trinajstić information content (AvgIpc) is 2.83. The van der Waals surface area contributed by atoms with Crippen LogP contribution in [0.4, 0.5) is 4.79 Å². The fraction of sp³-hybridized carbons (Fsp3) is 0.333. The summed E-state index contributed by atoms with van der Waals surface area (Å²) in [6, 6.07) is 7.83. The van der Waals surface area contributed by atoms with Gasteiger partial charge in [0.1, 0.15) is 5.60 Å². The van der Waals surface area contributed by atoms with Crippen molar-refractivity contribution in [1.29, 1.82) is 0 Å². The molecule has 1 aromatic carbocycles. The van der Waals surface area contributed by atoms with Crippen LogP contribution in [0.15, 0.2) is 41.3 Å². The number of amides is 1. The molecule has 0 aliphatic rings. The van der Waals surface area contributed by atoms with Gasteiger partial charge in [0.05, 0.1) is 30.5 Å². The van der Waals surface area contributed by atoms with Crippen molar-refractivity contribution in [2.24, 2.45) is 0 Å². The molecule has 0 saturated carbocycles. The molecule has 0 radical (unpaired) electrons. The van der Waals surface area contributed by atoms with Gasteiger partial charge < -0.3 is 14.6 Å². The van der Waals surface area contributed by atoms with Gasteiger partial charge in [0.15, 0.2) is 0 Å². The predicted octanol–water partition coefficient (Wildman–Crippen LogP) is 3.66. The molecule has 0 aliphatic heterocycles. The lowest BCUT2D eigenvalue weighted by Crippen LogP contribution is -2.32. The van der Waals surface area contributed by atoms with Gasteiger partial charge in [-0.1, -0.05) is 12.1 Å². The maximum atomic E-state index is 11.7. The normalized spacial score (nSPS) is 11.2.